The third kappa shape index (κ3) is 13.3. The number of benzene rings is 3. The first-order valence-electron chi connectivity index (χ1n) is 17.2. The van der Waals surface area contributed by atoms with Crippen LogP contribution in [-0.4, -0.2) is 26.7 Å². The van der Waals surface area contributed by atoms with E-state index in [1.807, 2.05) is 26.8 Å². The lowest BCUT2D eigenvalue weighted by molar-refractivity contribution is -0.162. The maximum absolute atomic E-state index is 13.0. The van der Waals surface area contributed by atoms with Gasteiger partial charge in [-0.1, -0.05) is 103 Å². The van der Waals surface area contributed by atoms with E-state index in [1.54, 1.807) is 0 Å². The van der Waals surface area contributed by atoms with E-state index < -0.39 is 6.29 Å². The molecule has 1 N–H and O–H groups in total. The van der Waals surface area contributed by atoms with Crippen molar-refractivity contribution in [3.05, 3.63) is 106 Å². The van der Waals surface area contributed by atoms with Crippen LogP contribution in [0.3, 0.4) is 0 Å². The Bertz CT molecular complexity index is 1310. The van der Waals surface area contributed by atoms with Gasteiger partial charge in [0.2, 0.25) is 0 Å². The van der Waals surface area contributed by atoms with Gasteiger partial charge in [0.25, 0.3) is 0 Å². The molecule has 0 bridgehead atoms. The number of hydrogen-bond acceptors (Lipinski definition) is 3. The molecule has 0 aliphatic heterocycles. The van der Waals surface area contributed by atoms with Gasteiger partial charge < -0.3 is 9.84 Å². The van der Waals surface area contributed by atoms with Crippen molar-refractivity contribution in [2.75, 3.05) is 0 Å². The molecule has 3 rings (SSSR count). The predicted octanol–water partition coefficient (Wildman–Crippen LogP) is 11.1. The van der Waals surface area contributed by atoms with Gasteiger partial charge in [0.15, 0.2) is 12.1 Å². The molecule has 0 saturated carbocycles. The highest BCUT2D eigenvalue weighted by atomic mass is 127. The van der Waals surface area contributed by atoms with Gasteiger partial charge >= 0.3 is 0 Å². The number of carbonyl (C=O) groups excluding carboxylic acids is 1. The molecule has 0 fully saturated rings. The van der Waals surface area contributed by atoms with Crippen LogP contribution in [0.2, 0.25) is 0 Å². The van der Waals surface area contributed by atoms with Crippen molar-refractivity contribution in [1.29, 1.82) is 0 Å². The second kappa shape index (κ2) is 19.0. The highest BCUT2D eigenvalue weighted by Gasteiger charge is 2.23. The molecule has 0 spiro atoms. The van der Waals surface area contributed by atoms with E-state index in [-0.39, 0.29) is 15.3 Å². The molecule has 0 aliphatic carbocycles. The highest BCUT2D eigenvalue weighted by Crippen LogP contribution is 2.30. The van der Waals surface area contributed by atoms with Crippen LogP contribution in [0.1, 0.15) is 135 Å². The zero-order chi connectivity index (χ0) is 32.8. The number of aliphatic hydroxyl groups is 1. The van der Waals surface area contributed by atoms with E-state index in [0.29, 0.717) is 12.3 Å². The molecule has 3 aromatic rings. The molecule has 3 atom stereocenters. The molecular weight excluding hydrogens is 667 g/mol. The monoisotopic (exact) mass is 724 g/mol. The maximum Gasteiger partial charge on any atom is 0.167 e. The van der Waals surface area contributed by atoms with Crippen molar-refractivity contribution in [3.63, 3.8) is 0 Å². The van der Waals surface area contributed by atoms with Crippen LogP contribution in [0.25, 0.3) is 0 Å². The van der Waals surface area contributed by atoms with Crippen LogP contribution in [-0.2, 0) is 24.0 Å². The molecule has 0 heterocycles. The molecule has 4 heteroatoms. The first kappa shape index (κ1) is 37.4. The summed E-state index contributed by atoms with van der Waals surface area (Å²) in [5.41, 5.74) is 8.64. The smallest absolute Gasteiger partial charge is 0.167 e. The third-order valence-electron chi connectivity index (χ3n) is 8.83. The minimum atomic E-state index is -0.753. The number of hydrogen-bond donors (Lipinski definition) is 1. The van der Waals surface area contributed by atoms with Crippen LogP contribution in [0.5, 0.6) is 0 Å². The van der Waals surface area contributed by atoms with Crippen LogP contribution >= 0.6 is 22.6 Å². The Hall–Kier alpha value is -2.02. The summed E-state index contributed by atoms with van der Waals surface area (Å²) in [6.07, 6.45) is 11.8. The average Bonchev–Trinajstić information content (AvgIpc) is 3.00. The number of ether oxygens (including phenoxy) is 1. The van der Waals surface area contributed by atoms with Gasteiger partial charge in [-0.3, -0.25) is 4.79 Å². The minimum absolute atomic E-state index is 0.0522. The Morgan fingerprint density at radius 1 is 0.800 bits per heavy atom. The summed E-state index contributed by atoms with van der Waals surface area (Å²) in [5.74, 6) is 0.887. The normalized spacial score (nSPS) is 13.9. The predicted molar refractivity (Wildman–Crippen MR) is 199 cm³/mol. The van der Waals surface area contributed by atoms with Crippen molar-refractivity contribution >= 4 is 28.4 Å². The van der Waals surface area contributed by atoms with E-state index in [2.05, 4.69) is 104 Å². The Morgan fingerprint density at radius 3 is 2.11 bits per heavy atom. The van der Waals surface area contributed by atoms with Crippen molar-refractivity contribution < 1.29 is 14.6 Å². The number of carbonyl (C=O) groups is 1. The molecule has 0 aliphatic rings. The van der Waals surface area contributed by atoms with Crippen LogP contribution in [0.4, 0.5) is 0 Å². The van der Waals surface area contributed by atoms with E-state index in [9.17, 15) is 9.90 Å². The standard InChI is InChI=1S/C41H57IO3/c1-7-8-16-35(37-19-11-9-14-30(37)2)18-13-17-34-26-27-36(29-31(34)3)39(43)20-12-10-15-32-21-23-33(24-22-32)25-28-38(42)40(44)45-41(4,5)6/h9,11,14,19,21-24,26-27,29,35,38,40,44H,7-8,10,12-13,15-18,20,25,28H2,1-6H3. The lowest BCUT2D eigenvalue weighted by atomic mass is 9.85. The number of Topliss-reactive ketones (excluding diaryl/α,β-unsaturated/α-hetero) is 1. The molecule has 45 heavy (non-hydrogen) atoms. The van der Waals surface area contributed by atoms with Crippen LogP contribution in [0, 0.1) is 13.8 Å². The van der Waals surface area contributed by atoms with E-state index >= 15 is 0 Å². The second-order valence-corrected chi connectivity index (χ2v) is 15.5. The first-order valence-corrected chi connectivity index (χ1v) is 18.5. The molecule has 0 aromatic heterocycles. The molecular formula is C41H57IO3. The van der Waals surface area contributed by atoms with Gasteiger partial charge in [-0.15, -0.1) is 0 Å². The summed E-state index contributed by atoms with van der Waals surface area (Å²) >= 11 is 2.29. The van der Waals surface area contributed by atoms with Crippen molar-refractivity contribution in [2.45, 2.75) is 140 Å². The molecule has 246 valence electrons. The number of ketones is 1. The molecule has 0 radical (unpaired) electrons. The fourth-order valence-electron chi connectivity index (χ4n) is 6.15. The van der Waals surface area contributed by atoms with Crippen molar-refractivity contribution in [2.24, 2.45) is 0 Å². The molecule has 3 aromatic carbocycles. The lowest BCUT2D eigenvalue weighted by Crippen LogP contribution is -2.33. The number of alkyl halides is 1. The topological polar surface area (TPSA) is 46.5 Å². The molecule has 0 saturated heterocycles. The summed E-state index contributed by atoms with van der Waals surface area (Å²) < 4.78 is 5.74. The van der Waals surface area contributed by atoms with Crippen LogP contribution in [0.15, 0.2) is 66.7 Å². The minimum Gasteiger partial charge on any atom is -0.367 e. The summed E-state index contributed by atoms with van der Waals surface area (Å²) in [7, 11) is 0. The van der Waals surface area contributed by atoms with Crippen molar-refractivity contribution in [3.8, 4) is 0 Å². The van der Waals surface area contributed by atoms with E-state index in [1.165, 1.54) is 65.5 Å². The Kier molecular flexibility index (Phi) is 15.8. The Morgan fingerprint density at radius 2 is 1.47 bits per heavy atom. The van der Waals surface area contributed by atoms with E-state index in [4.69, 9.17) is 4.74 Å². The summed E-state index contributed by atoms with van der Waals surface area (Å²) in [6.45, 7) is 12.6. The SMILES string of the molecule is CCCCC(CCCc1ccc(C(=O)CCCCc2ccc(CCC(I)C(O)OC(C)(C)C)cc2)cc1C)c1ccccc1C. The summed E-state index contributed by atoms with van der Waals surface area (Å²) in [4.78, 5) is 13.0. The molecule has 3 nitrogen and oxygen atoms in total. The largest absolute Gasteiger partial charge is 0.367 e. The zero-order valence-corrected chi connectivity index (χ0v) is 30.9. The number of aryl methyl sites for hydroxylation is 5. The fraction of sp³-hybridized carbons (Fsp3) is 0.537. The quantitative estimate of drug-likeness (QED) is 0.0440. The van der Waals surface area contributed by atoms with Gasteiger partial charge in [0.05, 0.1) is 9.53 Å². The number of aliphatic hydroxyl groups excluding tert-OH is 1. The zero-order valence-electron chi connectivity index (χ0n) is 28.7. The maximum atomic E-state index is 13.0. The van der Waals surface area contributed by atoms with Crippen LogP contribution < -0.4 is 0 Å². The molecule has 0 amide bonds. The summed E-state index contributed by atoms with van der Waals surface area (Å²) in [5, 5.41) is 10.3. The molecule has 3 unspecified atom stereocenters. The lowest BCUT2D eigenvalue weighted by Gasteiger charge is -2.27. The van der Waals surface area contributed by atoms with Gasteiger partial charge in [-0.05, 0) is 138 Å². The Balaban J connectivity index is 1.39. The number of unbranched alkanes of at least 4 members (excludes halogenated alkanes) is 2. The van der Waals surface area contributed by atoms with Gasteiger partial charge in [-0.2, -0.15) is 0 Å². The Labute approximate surface area is 287 Å². The highest BCUT2D eigenvalue weighted by molar-refractivity contribution is 14.1. The number of halogens is 1. The van der Waals surface area contributed by atoms with Gasteiger partial charge in [0, 0.05) is 12.0 Å². The third-order valence-corrected chi connectivity index (χ3v) is 10.1. The van der Waals surface area contributed by atoms with Crippen molar-refractivity contribution in [1.82, 2.24) is 0 Å². The number of rotatable bonds is 19. The average molecular weight is 725 g/mol. The fourth-order valence-corrected chi connectivity index (χ4v) is 6.61. The second-order valence-electron chi connectivity index (χ2n) is 13.9. The van der Waals surface area contributed by atoms with Gasteiger partial charge in [0.1, 0.15) is 0 Å². The van der Waals surface area contributed by atoms with Gasteiger partial charge in [-0.25, -0.2) is 0 Å². The van der Waals surface area contributed by atoms with E-state index in [0.717, 1.165) is 44.1 Å². The first-order chi connectivity index (χ1) is 21.5. The summed E-state index contributed by atoms with van der Waals surface area (Å²) in [6, 6.07) is 24.0.